The largest absolute Gasteiger partial charge is 0.490 e. The zero-order valence-electron chi connectivity index (χ0n) is 17.1. The third-order valence-corrected chi connectivity index (χ3v) is 6.92. The highest BCUT2D eigenvalue weighted by atomic mass is 32.2. The van der Waals surface area contributed by atoms with E-state index in [2.05, 4.69) is 32.5 Å². The number of halogens is 3. The number of nitrogens with one attached hydrogen (secondary N) is 1. The molecule has 2 heterocycles. The van der Waals surface area contributed by atoms with Gasteiger partial charge in [0.25, 0.3) is 0 Å². The number of carbonyl (C=O) groups is 1. The SMILES string of the molecule is CCS(=O)(=O)NCCC1CN(CC2CCC2)Cc2cccn2C1.O=C(O)C(F)(F)F. The first-order valence-corrected chi connectivity index (χ1v) is 11.8. The predicted molar refractivity (Wildman–Crippen MR) is 106 cm³/mol. The Hall–Kier alpha value is -1.59. The van der Waals surface area contributed by atoms with Gasteiger partial charge in [0.05, 0.1) is 5.75 Å². The molecular formula is C19H30F3N3O4S. The molecular weight excluding hydrogens is 423 g/mol. The van der Waals surface area contributed by atoms with Gasteiger partial charge >= 0.3 is 12.1 Å². The lowest BCUT2D eigenvalue weighted by Gasteiger charge is -2.32. The molecule has 1 atom stereocenters. The van der Waals surface area contributed by atoms with Crippen molar-refractivity contribution in [2.24, 2.45) is 11.8 Å². The Labute approximate surface area is 175 Å². The summed E-state index contributed by atoms with van der Waals surface area (Å²) < 4.78 is 60.0. The highest BCUT2D eigenvalue weighted by Crippen LogP contribution is 2.29. The summed E-state index contributed by atoms with van der Waals surface area (Å²) in [7, 11) is -3.08. The lowest BCUT2D eigenvalue weighted by molar-refractivity contribution is -0.192. The normalized spacial score (nSPS) is 20.5. The van der Waals surface area contributed by atoms with E-state index in [1.807, 2.05) is 0 Å². The first-order chi connectivity index (χ1) is 14.0. The Balaban J connectivity index is 0.000000396. The minimum absolute atomic E-state index is 0.160. The third-order valence-electron chi connectivity index (χ3n) is 5.52. The van der Waals surface area contributed by atoms with Gasteiger partial charge in [-0.25, -0.2) is 17.9 Å². The summed E-state index contributed by atoms with van der Waals surface area (Å²) in [5.74, 6) is -1.22. The number of hydrogen-bond donors (Lipinski definition) is 2. The minimum Gasteiger partial charge on any atom is -0.475 e. The van der Waals surface area contributed by atoms with E-state index < -0.39 is 22.2 Å². The molecule has 7 nitrogen and oxygen atoms in total. The quantitative estimate of drug-likeness (QED) is 0.662. The number of carboxylic acids is 1. The predicted octanol–water partition coefficient (Wildman–Crippen LogP) is 2.68. The molecule has 2 N–H and O–H groups in total. The number of alkyl halides is 3. The Morgan fingerprint density at radius 3 is 2.47 bits per heavy atom. The fraction of sp³-hybridized carbons (Fsp3) is 0.737. The van der Waals surface area contributed by atoms with Crippen molar-refractivity contribution in [3.05, 3.63) is 24.0 Å². The van der Waals surface area contributed by atoms with Crippen molar-refractivity contribution in [2.45, 2.75) is 51.9 Å². The highest BCUT2D eigenvalue weighted by Gasteiger charge is 2.38. The lowest BCUT2D eigenvalue weighted by Crippen LogP contribution is -2.36. The van der Waals surface area contributed by atoms with Crippen LogP contribution in [0, 0.1) is 11.8 Å². The zero-order valence-corrected chi connectivity index (χ0v) is 17.9. The number of aliphatic carboxylic acids is 1. The number of carboxylic acid groups (broad SMARTS) is 1. The standard InChI is InChI=1S/C17H29N3O2S.C2HF3O2/c1-2-23(21,22)18-9-8-16-12-19(11-15-5-3-6-15)14-17-7-4-10-20(17)13-16;3-2(4,5)1(6)7/h4,7,10,15-16,18H,2-3,5-6,8-9,11-14H2,1H3;(H,6,7). The van der Waals surface area contributed by atoms with Crippen LogP contribution in [0.2, 0.25) is 0 Å². The summed E-state index contributed by atoms with van der Waals surface area (Å²) in [5, 5.41) is 7.12. The van der Waals surface area contributed by atoms with Crippen LogP contribution < -0.4 is 4.72 Å². The van der Waals surface area contributed by atoms with Crippen LogP contribution in [0.5, 0.6) is 0 Å². The van der Waals surface area contributed by atoms with Crippen LogP contribution in [0.3, 0.4) is 0 Å². The van der Waals surface area contributed by atoms with Gasteiger partial charge in [-0.3, -0.25) is 4.90 Å². The molecule has 1 unspecified atom stereocenters. The molecule has 0 spiro atoms. The maximum Gasteiger partial charge on any atom is 0.490 e. The third kappa shape index (κ3) is 7.92. The summed E-state index contributed by atoms with van der Waals surface area (Å²) >= 11 is 0. The van der Waals surface area contributed by atoms with Crippen LogP contribution in [0.25, 0.3) is 0 Å². The van der Waals surface area contributed by atoms with Crippen molar-refractivity contribution in [1.29, 1.82) is 0 Å². The first-order valence-electron chi connectivity index (χ1n) is 10.1. The molecule has 1 aromatic rings. The average Bonchev–Trinajstić information content (AvgIpc) is 2.97. The molecule has 172 valence electrons. The maximum absolute atomic E-state index is 11.6. The summed E-state index contributed by atoms with van der Waals surface area (Å²) in [6.45, 7) is 6.53. The number of hydrogen-bond acceptors (Lipinski definition) is 4. The zero-order chi connectivity index (χ0) is 22.4. The van der Waals surface area contributed by atoms with Crippen LogP contribution in [-0.4, -0.2) is 60.5 Å². The van der Waals surface area contributed by atoms with Gasteiger partial charge in [0.15, 0.2) is 0 Å². The van der Waals surface area contributed by atoms with Gasteiger partial charge in [0.2, 0.25) is 10.0 Å². The van der Waals surface area contributed by atoms with Crippen molar-refractivity contribution in [3.63, 3.8) is 0 Å². The molecule has 0 saturated heterocycles. The second kappa shape index (κ2) is 10.6. The molecule has 1 fully saturated rings. The van der Waals surface area contributed by atoms with E-state index >= 15 is 0 Å². The Morgan fingerprint density at radius 1 is 1.27 bits per heavy atom. The lowest BCUT2D eigenvalue weighted by atomic mass is 9.85. The van der Waals surface area contributed by atoms with Crippen LogP contribution >= 0.6 is 0 Å². The van der Waals surface area contributed by atoms with Crippen LogP contribution in [0.4, 0.5) is 13.2 Å². The van der Waals surface area contributed by atoms with Crippen molar-refractivity contribution in [1.82, 2.24) is 14.2 Å². The fourth-order valence-electron chi connectivity index (χ4n) is 3.65. The van der Waals surface area contributed by atoms with Gasteiger partial charge < -0.3 is 9.67 Å². The van der Waals surface area contributed by atoms with E-state index in [-0.39, 0.29) is 5.75 Å². The van der Waals surface area contributed by atoms with Gasteiger partial charge in [0, 0.05) is 44.6 Å². The second-order valence-electron chi connectivity index (χ2n) is 7.90. The van der Waals surface area contributed by atoms with Crippen molar-refractivity contribution in [3.8, 4) is 0 Å². The minimum atomic E-state index is -5.08. The molecule has 1 aromatic heterocycles. The molecule has 1 saturated carbocycles. The van der Waals surface area contributed by atoms with Gasteiger partial charge in [-0.2, -0.15) is 13.2 Å². The van der Waals surface area contributed by atoms with E-state index in [1.54, 1.807) is 6.92 Å². The van der Waals surface area contributed by atoms with Crippen molar-refractivity contribution >= 4 is 16.0 Å². The van der Waals surface area contributed by atoms with E-state index in [1.165, 1.54) is 31.5 Å². The number of nitrogens with zero attached hydrogens (tertiary/aromatic N) is 2. The second-order valence-corrected chi connectivity index (χ2v) is 9.99. The monoisotopic (exact) mass is 453 g/mol. The average molecular weight is 454 g/mol. The molecule has 1 aliphatic carbocycles. The summed E-state index contributed by atoms with van der Waals surface area (Å²) in [6.07, 6.45) is 2.11. The van der Waals surface area contributed by atoms with Crippen molar-refractivity contribution in [2.75, 3.05) is 25.4 Å². The molecule has 3 rings (SSSR count). The molecule has 2 aliphatic rings. The number of sulfonamides is 1. The first kappa shape index (κ1) is 24.7. The molecule has 0 radical (unpaired) electrons. The van der Waals surface area contributed by atoms with E-state index in [9.17, 15) is 21.6 Å². The van der Waals surface area contributed by atoms with E-state index in [0.29, 0.717) is 12.5 Å². The highest BCUT2D eigenvalue weighted by molar-refractivity contribution is 7.89. The van der Waals surface area contributed by atoms with Crippen LogP contribution in [-0.2, 0) is 27.9 Å². The van der Waals surface area contributed by atoms with Crippen molar-refractivity contribution < 1.29 is 31.5 Å². The Kier molecular flexibility index (Phi) is 8.74. The van der Waals surface area contributed by atoms with Gasteiger partial charge in [-0.05, 0) is 50.2 Å². The van der Waals surface area contributed by atoms with Crippen LogP contribution in [0.1, 0.15) is 38.3 Å². The fourth-order valence-corrected chi connectivity index (χ4v) is 4.28. The molecule has 0 bridgehead atoms. The summed E-state index contributed by atoms with van der Waals surface area (Å²) in [5.41, 5.74) is 1.39. The molecule has 0 aromatic carbocycles. The topological polar surface area (TPSA) is 91.6 Å². The maximum atomic E-state index is 11.6. The molecule has 11 heteroatoms. The number of rotatable bonds is 7. The smallest absolute Gasteiger partial charge is 0.475 e. The Morgan fingerprint density at radius 2 is 1.93 bits per heavy atom. The molecule has 1 aliphatic heterocycles. The van der Waals surface area contributed by atoms with Gasteiger partial charge in [0.1, 0.15) is 0 Å². The van der Waals surface area contributed by atoms with E-state index in [0.717, 1.165) is 32.0 Å². The molecule has 30 heavy (non-hydrogen) atoms. The van der Waals surface area contributed by atoms with Gasteiger partial charge in [-0.15, -0.1) is 0 Å². The van der Waals surface area contributed by atoms with Crippen LogP contribution in [0.15, 0.2) is 18.3 Å². The van der Waals surface area contributed by atoms with Gasteiger partial charge in [-0.1, -0.05) is 6.42 Å². The number of fused-ring (bicyclic) bond motifs is 1. The summed E-state index contributed by atoms with van der Waals surface area (Å²) in [6, 6.07) is 4.34. The summed E-state index contributed by atoms with van der Waals surface area (Å²) in [4.78, 5) is 11.5. The Bertz CT molecular complexity index is 791. The number of aromatic nitrogens is 1. The molecule has 0 amide bonds. The van der Waals surface area contributed by atoms with E-state index in [4.69, 9.17) is 9.90 Å².